The summed E-state index contributed by atoms with van der Waals surface area (Å²) in [6, 6.07) is 4.86. The molecule has 0 saturated heterocycles. The Labute approximate surface area is 112 Å². The molecular weight excluding hydrogens is 222 g/mol. The fourth-order valence-electron chi connectivity index (χ4n) is 2.93. The molecule has 0 aliphatic heterocycles. The van der Waals surface area contributed by atoms with Crippen LogP contribution in [0.1, 0.15) is 43.9 Å². The second kappa shape index (κ2) is 5.75. The quantitative estimate of drug-likeness (QED) is 0.861. The van der Waals surface area contributed by atoms with Crippen molar-refractivity contribution >= 4 is 0 Å². The van der Waals surface area contributed by atoms with Crippen LogP contribution in [0, 0.1) is 13.8 Å². The third-order valence-electron chi connectivity index (χ3n) is 3.65. The number of hydrogen-bond donors (Lipinski definition) is 1. The van der Waals surface area contributed by atoms with Gasteiger partial charge in [-0.2, -0.15) is 0 Å². The second-order valence-electron chi connectivity index (χ2n) is 5.94. The van der Waals surface area contributed by atoms with Gasteiger partial charge in [0.1, 0.15) is 5.75 Å². The summed E-state index contributed by atoms with van der Waals surface area (Å²) in [5.41, 5.74) is 4.01. The van der Waals surface area contributed by atoms with Crippen LogP contribution in [0.15, 0.2) is 12.1 Å². The summed E-state index contributed by atoms with van der Waals surface area (Å²) in [5.74, 6) is 1.01. The highest BCUT2D eigenvalue weighted by molar-refractivity contribution is 5.47. The molecule has 0 fully saturated rings. The molecule has 1 aromatic rings. The molecule has 0 heterocycles. The molecule has 18 heavy (non-hydrogen) atoms. The van der Waals surface area contributed by atoms with Crippen LogP contribution >= 0.6 is 0 Å². The van der Waals surface area contributed by atoms with Gasteiger partial charge in [0, 0.05) is 11.6 Å². The standard InChI is InChI=1S/C16H27NO/c1-11-8-12(2)15(14(9-11)18-7)16(4,5)10-13(3)17-6/h8-9,13,17H,10H2,1-7H3. The van der Waals surface area contributed by atoms with Crippen molar-refractivity contribution in [1.82, 2.24) is 5.32 Å². The number of aryl methyl sites for hydroxylation is 2. The van der Waals surface area contributed by atoms with E-state index in [1.165, 1.54) is 16.7 Å². The van der Waals surface area contributed by atoms with Gasteiger partial charge in [-0.25, -0.2) is 0 Å². The van der Waals surface area contributed by atoms with Crippen molar-refractivity contribution in [3.05, 3.63) is 28.8 Å². The molecule has 0 saturated carbocycles. The van der Waals surface area contributed by atoms with Crippen molar-refractivity contribution in [1.29, 1.82) is 0 Å². The zero-order valence-corrected chi connectivity index (χ0v) is 12.8. The average molecular weight is 249 g/mol. The second-order valence-corrected chi connectivity index (χ2v) is 5.94. The summed E-state index contributed by atoms with van der Waals surface area (Å²) in [4.78, 5) is 0. The van der Waals surface area contributed by atoms with Crippen molar-refractivity contribution in [3.8, 4) is 5.75 Å². The summed E-state index contributed by atoms with van der Waals surface area (Å²) in [6.07, 6.45) is 1.09. The molecule has 0 aliphatic carbocycles. The van der Waals surface area contributed by atoms with Crippen molar-refractivity contribution < 1.29 is 4.74 Å². The normalized spacial score (nSPS) is 13.5. The predicted octanol–water partition coefficient (Wildman–Crippen LogP) is 3.59. The van der Waals surface area contributed by atoms with Gasteiger partial charge in [0.2, 0.25) is 0 Å². The van der Waals surface area contributed by atoms with Crippen LogP contribution < -0.4 is 10.1 Å². The monoisotopic (exact) mass is 249 g/mol. The van der Waals surface area contributed by atoms with Crippen LogP contribution in [-0.2, 0) is 5.41 Å². The van der Waals surface area contributed by atoms with Gasteiger partial charge < -0.3 is 10.1 Å². The lowest BCUT2D eigenvalue weighted by Gasteiger charge is -2.31. The van der Waals surface area contributed by atoms with E-state index in [0.29, 0.717) is 6.04 Å². The van der Waals surface area contributed by atoms with Gasteiger partial charge in [-0.3, -0.25) is 0 Å². The molecule has 1 aromatic carbocycles. The lowest BCUT2D eigenvalue weighted by Crippen LogP contribution is -2.31. The zero-order chi connectivity index (χ0) is 13.9. The van der Waals surface area contributed by atoms with Gasteiger partial charge in [-0.1, -0.05) is 19.9 Å². The van der Waals surface area contributed by atoms with E-state index < -0.39 is 0 Å². The number of rotatable bonds is 5. The zero-order valence-electron chi connectivity index (χ0n) is 12.8. The van der Waals surface area contributed by atoms with Gasteiger partial charge >= 0.3 is 0 Å². The molecule has 0 aliphatic rings. The number of methoxy groups -OCH3 is 1. The molecule has 0 radical (unpaired) electrons. The maximum atomic E-state index is 5.59. The Hall–Kier alpha value is -1.02. The van der Waals surface area contributed by atoms with Gasteiger partial charge in [0.15, 0.2) is 0 Å². The number of benzene rings is 1. The first kappa shape index (κ1) is 15.0. The molecule has 2 heteroatoms. The molecule has 0 aromatic heterocycles. The van der Waals surface area contributed by atoms with E-state index in [0.717, 1.165) is 12.2 Å². The molecule has 2 nitrogen and oxygen atoms in total. The van der Waals surface area contributed by atoms with Crippen molar-refractivity contribution in [2.45, 2.75) is 52.5 Å². The largest absolute Gasteiger partial charge is 0.496 e. The fraction of sp³-hybridized carbons (Fsp3) is 0.625. The maximum absolute atomic E-state index is 5.59. The summed E-state index contributed by atoms with van der Waals surface area (Å²) in [7, 11) is 3.77. The summed E-state index contributed by atoms with van der Waals surface area (Å²) >= 11 is 0. The first-order chi connectivity index (χ1) is 8.31. The van der Waals surface area contributed by atoms with Gasteiger partial charge in [-0.05, 0) is 56.8 Å². The average Bonchev–Trinajstić information content (AvgIpc) is 2.26. The van der Waals surface area contributed by atoms with E-state index >= 15 is 0 Å². The SMILES string of the molecule is CNC(C)CC(C)(C)c1c(C)cc(C)cc1OC. The van der Waals surface area contributed by atoms with Crippen LogP contribution in [0.5, 0.6) is 5.75 Å². The minimum absolute atomic E-state index is 0.103. The summed E-state index contributed by atoms with van der Waals surface area (Å²) in [6.45, 7) is 11.1. The van der Waals surface area contributed by atoms with Gasteiger partial charge in [0.25, 0.3) is 0 Å². The van der Waals surface area contributed by atoms with Gasteiger partial charge in [-0.15, -0.1) is 0 Å². The van der Waals surface area contributed by atoms with E-state index in [1.807, 2.05) is 7.05 Å². The van der Waals surface area contributed by atoms with Crippen molar-refractivity contribution in [2.75, 3.05) is 14.2 Å². The smallest absolute Gasteiger partial charge is 0.123 e. The van der Waals surface area contributed by atoms with E-state index in [1.54, 1.807) is 7.11 Å². The molecule has 1 atom stereocenters. The number of hydrogen-bond acceptors (Lipinski definition) is 2. The van der Waals surface area contributed by atoms with E-state index in [9.17, 15) is 0 Å². The highest BCUT2D eigenvalue weighted by Crippen LogP contribution is 2.38. The Kier molecular flexibility index (Phi) is 4.80. The van der Waals surface area contributed by atoms with Crippen molar-refractivity contribution in [2.24, 2.45) is 0 Å². The van der Waals surface area contributed by atoms with Crippen LogP contribution in [0.3, 0.4) is 0 Å². The highest BCUT2D eigenvalue weighted by atomic mass is 16.5. The third kappa shape index (κ3) is 3.26. The molecule has 102 valence electrons. The Bertz CT molecular complexity index is 410. The summed E-state index contributed by atoms with van der Waals surface area (Å²) < 4.78 is 5.59. The highest BCUT2D eigenvalue weighted by Gasteiger charge is 2.28. The maximum Gasteiger partial charge on any atom is 0.123 e. The molecule has 1 unspecified atom stereocenters. The minimum atomic E-state index is 0.103. The van der Waals surface area contributed by atoms with Crippen LogP contribution in [0.25, 0.3) is 0 Å². The molecule has 0 bridgehead atoms. The van der Waals surface area contributed by atoms with Gasteiger partial charge in [0.05, 0.1) is 7.11 Å². The molecule has 0 spiro atoms. The Balaban J connectivity index is 3.22. The molecule has 1 rings (SSSR count). The third-order valence-corrected chi connectivity index (χ3v) is 3.65. The summed E-state index contributed by atoms with van der Waals surface area (Å²) in [5, 5.41) is 3.32. The number of nitrogens with one attached hydrogen (secondary N) is 1. The van der Waals surface area contributed by atoms with Crippen molar-refractivity contribution in [3.63, 3.8) is 0 Å². The van der Waals surface area contributed by atoms with Crippen LogP contribution in [0.4, 0.5) is 0 Å². The Morgan fingerprint density at radius 2 is 1.89 bits per heavy atom. The van der Waals surface area contributed by atoms with Crippen LogP contribution in [0.2, 0.25) is 0 Å². The Morgan fingerprint density at radius 1 is 1.28 bits per heavy atom. The Morgan fingerprint density at radius 3 is 2.39 bits per heavy atom. The minimum Gasteiger partial charge on any atom is -0.496 e. The topological polar surface area (TPSA) is 21.3 Å². The fourth-order valence-corrected chi connectivity index (χ4v) is 2.93. The van der Waals surface area contributed by atoms with E-state index in [4.69, 9.17) is 4.74 Å². The lowest BCUT2D eigenvalue weighted by atomic mass is 9.76. The first-order valence-corrected chi connectivity index (χ1v) is 6.64. The van der Waals surface area contributed by atoms with E-state index in [-0.39, 0.29) is 5.41 Å². The molecule has 1 N–H and O–H groups in total. The van der Waals surface area contributed by atoms with E-state index in [2.05, 4.69) is 52.1 Å². The molecule has 0 amide bonds. The molecular formula is C16H27NO. The lowest BCUT2D eigenvalue weighted by molar-refractivity contribution is 0.364. The number of ether oxygens (including phenoxy) is 1. The first-order valence-electron chi connectivity index (χ1n) is 6.64. The van der Waals surface area contributed by atoms with Crippen LogP contribution in [-0.4, -0.2) is 20.2 Å². The predicted molar refractivity (Wildman–Crippen MR) is 78.6 cm³/mol.